The lowest BCUT2D eigenvalue weighted by atomic mass is 10.9. The molecule has 0 aromatic rings. The lowest BCUT2D eigenvalue weighted by molar-refractivity contribution is 0.160. The van der Waals surface area contributed by atoms with Crippen molar-refractivity contribution in [2.45, 2.75) is 33.1 Å². The van der Waals surface area contributed by atoms with Gasteiger partial charge in [-0.05, 0) is 26.6 Å². The lowest BCUT2D eigenvalue weighted by Crippen LogP contribution is -2.52. The first-order valence-corrected chi connectivity index (χ1v) is 11.1. The van der Waals surface area contributed by atoms with Crippen molar-refractivity contribution in [2.75, 3.05) is 13.7 Å². The minimum Gasteiger partial charge on any atom is -0.416 e. The topological polar surface area (TPSA) is 36.9 Å². The molecule has 0 aliphatic rings. The van der Waals surface area contributed by atoms with Crippen molar-refractivity contribution >= 4 is 27.1 Å². The lowest BCUT2D eigenvalue weighted by Gasteiger charge is -2.32. The third-order valence-corrected chi connectivity index (χ3v) is 9.16. The van der Waals surface area contributed by atoms with E-state index in [1.807, 2.05) is 33.1 Å². The summed E-state index contributed by atoms with van der Waals surface area (Å²) in [6.45, 7) is 10.4. The van der Waals surface area contributed by atoms with Gasteiger partial charge in [-0.3, -0.25) is 0 Å². The predicted octanol–water partition coefficient (Wildman–Crippen LogP) is 1.64. The highest BCUT2D eigenvalue weighted by molar-refractivity contribution is 6.78. The van der Waals surface area contributed by atoms with Gasteiger partial charge < -0.3 is 17.1 Å². The molecule has 84 valence electrons. The van der Waals surface area contributed by atoms with Crippen LogP contribution in [0.2, 0.25) is 26.2 Å². The summed E-state index contributed by atoms with van der Waals surface area (Å²) in [4.78, 5) is 0. The Hall–Kier alpha value is 0.491. The normalized spacial score (nSPS) is 16.7. The zero-order valence-corrected chi connectivity index (χ0v) is 12.8. The zero-order valence-electron chi connectivity index (χ0n) is 9.84. The molecule has 0 aliphatic heterocycles. The molecule has 0 bridgehead atoms. The molecule has 0 aliphatic carbocycles. The van der Waals surface area contributed by atoms with Gasteiger partial charge in [0.05, 0.1) is 0 Å². The third-order valence-electron chi connectivity index (χ3n) is 1.62. The SMILES string of the molecule is CCO[Si](C)(O[Si]C)O[Si](C)(C)OC. The Balaban J connectivity index is 4.34. The second kappa shape index (κ2) is 6.16. The van der Waals surface area contributed by atoms with Gasteiger partial charge in [-0.15, -0.1) is 0 Å². The zero-order chi connectivity index (χ0) is 11.2. The molecule has 0 heterocycles. The molecule has 7 heteroatoms. The standard InChI is InChI=1S/C7H20O4Si3/c1-7-9-14(6,10-12-3)11-13(4,5)8-2/h7H2,1-6H3. The van der Waals surface area contributed by atoms with E-state index in [0.717, 1.165) is 0 Å². The summed E-state index contributed by atoms with van der Waals surface area (Å²) < 4.78 is 22.3. The van der Waals surface area contributed by atoms with Crippen LogP contribution in [0.15, 0.2) is 0 Å². The summed E-state index contributed by atoms with van der Waals surface area (Å²) in [6, 6.07) is 0. The van der Waals surface area contributed by atoms with Crippen LogP contribution in [0.1, 0.15) is 6.92 Å². The number of hydrogen-bond donors (Lipinski definition) is 0. The predicted molar refractivity (Wildman–Crippen MR) is 61.5 cm³/mol. The first-order chi connectivity index (χ1) is 6.39. The van der Waals surface area contributed by atoms with Gasteiger partial charge in [0.15, 0.2) is 0 Å². The summed E-state index contributed by atoms with van der Waals surface area (Å²) >= 11 is 0. The van der Waals surface area contributed by atoms with Gasteiger partial charge in [0.2, 0.25) is 9.76 Å². The Bertz CT molecular complexity index is 159. The quantitative estimate of drug-likeness (QED) is 0.646. The minimum absolute atomic E-state index is 0.385. The molecule has 0 N–H and O–H groups in total. The Morgan fingerprint density at radius 2 is 1.79 bits per heavy atom. The average molecular weight is 252 g/mol. The Morgan fingerprint density at radius 3 is 2.14 bits per heavy atom. The molecule has 0 aromatic heterocycles. The van der Waals surface area contributed by atoms with Crippen LogP contribution in [0.4, 0.5) is 0 Å². The first kappa shape index (κ1) is 14.5. The van der Waals surface area contributed by atoms with E-state index < -0.39 is 17.4 Å². The van der Waals surface area contributed by atoms with E-state index in [0.29, 0.717) is 16.4 Å². The second-order valence-electron chi connectivity index (χ2n) is 3.31. The highest BCUT2D eigenvalue weighted by atomic mass is 28.5. The third kappa shape index (κ3) is 5.39. The summed E-state index contributed by atoms with van der Waals surface area (Å²) in [5.74, 6) is 0. The van der Waals surface area contributed by atoms with Crippen LogP contribution in [0, 0.1) is 0 Å². The molecule has 1 atom stereocenters. The van der Waals surface area contributed by atoms with Crippen molar-refractivity contribution in [3.63, 3.8) is 0 Å². The van der Waals surface area contributed by atoms with Crippen molar-refractivity contribution in [2.24, 2.45) is 0 Å². The largest absolute Gasteiger partial charge is 0.478 e. The van der Waals surface area contributed by atoms with Crippen molar-refractivity contribution < 1.29 is 17.1 Å². The Kier molecular flexibility index (Phi) is 6.37. The fourth-order valence-corrected chi connectivity index (χ4v) is 7.94. The van der Waals surface area contributed by atoms with Gasteiger partial charge in [0, 0.05) is 20.3 Å². The van der Waals surface area contributed by atoms with Crippen LogP contribution < -0.4 is 0 Å². The minimum atomic E-state index is -2.46. The maximum absolute atomic E-state index is 5.87. The van der Waals surface area contributed by atoms with E-state index in [1.54, 1.807) is 7.11 Å². The second-order valence-corrected chi connectivity index (χ2v) is 10.6. The summed E-state index contributed by atoms with van der Waals surface area (Å²) in [5.41, 5.74) is 0. The molecular formula is C7H20O4Si3. The Labute approximate surface area is 91.5 Å². The maximum atomic E-state index is 5.87. The van der Waals surface area contributed by atoms with Crippen LogP contribution in [-0.2, 0) is 17.1 Å². The molecule has 14 heavy (non-hydrogen) atoms. The van der Waals surface area contributed by atoms with Crippen LogP contribution >= 0.6 is 0 Å². The van der Waals surface area contributed by atoms with E-state index in [2.05, 4.69) is 0 Å². The van der Waals surface area contributed by atoms with E-state index in [4.69, 9.17) is 17.1 Å². The fourth-order valence-electron chi connectivity index (χ4n) is 1.02. The molecule has 0 aromatic carbocycles. The average Bonchev–Trinajstić information content (AvgIpc) is 2.03. The summed E-state index contributed by atoms with van der Waals surface area (Å²) in [6.07, 6.45) is 0. The van der Waals surface area contributed by atoms with Crippen LogP contribution in [0.3, 0.4) is 0 Å². The molecule has 0 fully saturated rings. The molecule has 0 saturated carbocycles. The number of hydrogen-bond acceptors (Lipinski definition) is 4. The molecule has 0 amide bonds. The van der Waals surface area contributed by atoms with Crippen molar-refractivity contribution in [3.8, 4) is 0 Å². The van der Waals surface area contributed by atoms with Crippen molar-refractivity contribution in [1.29, 1.82) is 0 Å². The van der Waals surface area contributed by atoms with Gasteiger partial charge >= 0.3 is 17.4 Å². The van der Waals surface area contributed by atoms with E-state index in [9.17, 15) is 0 Å². The summed E-state index contributed by atoms with van der Waals surface area (Å²) in [5, 5.41) is 0. The van der Waals surface area contributed by atoms with Crippen LogP contribution in [0.5, 0.6) is 0 Å². The smallest absolute Gasteiger partial charge is 0.416 e. The monoisotopic (exact) mass is 252 g/mol. The van der Waals surface area contributed by atoms with E-state index >= 15 is 0 Å². The molecular weight excluding hydrogens is 232 g/mol. The van der Waals surface area contributed by atoms with Gasteiger partial charge in [-0.2, -0.15) is 0 Å². The van der Waals surface area contributed by atoms with Gasteiger partial charge in [0.25, 0.3) is 0 Å². The van der Waals surface area contributed by atoms with Crippen LogP contribution in [-0.4, -0.2) is 40.8 Å². The highest BCUT2D eigenvalue weighted by Crippen LogP contribution is 2.16. The summed E-state index contributed by atoms with van der Waals surface area (Å²) in [7, 11) is -2.48. The Morgan fingerprint density at radius 1 is 1.21 bits per heavy atom. The van der Waals surface area contributed by atoms with Gasteiger partial charge in [0.1, 0.15) is 0 Å². The van der Waals surface area contributed by atoms with Crippen molar-refractivity contribution in [3.05, 3.63) is 0 Å². The molecule has 0 rings (SSSR count). The van der Waals surface area contributed by atoms with Gasteiger partial charge in [-0.25, -0.2) is 0 Å². The highest BCUT2D eigenvalue weighted by Gasteiger charge is 2.41. The molecule has 2 radical (unpaired) electrons. The fraction of sp³-hybridized carbons (Fsp3) is 1.00. The molecule has 0 spiro atoms. The molecule has 0 saturated heterocycles. The molecule has 1 unspecified atom stereocenters. The van der Waals surface area contributed by atoms with E-state index in [-0.39, 0.29) is 0 Å². The van der Waals surface area contributed by atoms with Crippen LogP contribution in [0.25, 0.3) is 0 Å². The molecule has 4 nitrogen and oxygen atoms in total. The van der Waals surface area contributed by atoms with Gasteiger partial charge in [-0.1, -0.05) is 0 Å². The van der Waals surface area contributed by atoms with E-state index in [1.165, 1.54) is 0 Å². The first-order valence-electron chi connectivity index (χ1n) is 4.63. The number of rotatable bonds is 7. The van der Waals surface area contributed by atoms with Crippen molar-refractivity contribution in [1.82, 2.24) is 0 Å². The maximum Gasteiger partial charge on any atom is 0.478 e.